The number of amides is 1. The van der Waals surface area contributed by atoms with E-state index in [1.807, 2.05) is 0 Å². The predicted octanol–water partition coefficient (Wildman–Crippen LogP) is 0.717. The van der Waals surface area contributed by atoms with E-state index < -0.39 is 0 Å². The molecular weight excluding hydrogens is 140 g/mol. The summed E-state index contributed by atoms with van der Waals surface area (Å²) in [7, 11) is 1.71. The Balaban J connectivity index is 3.44. The second-order valence-electron chi connectivity index (χ2n) is 2.43. The van der Waals surface area contributed by atoms with Crippen LogP contribution < -0.4 is 5.73 Å². The van der Waals surface area contributed by atoms with Crippen molar-refractivity contribution >= 4 is 5.91 Å². The van der Waals surface area contributed by atoms with Gasteiger partial charge in [-0.1, -0.05) is 6.58 Å². The minimum absolute atomic E-state index is 0.105. The molecule has 0 aromatic carbocycles. The highest BCUT2D eigenvalue weighted by molar-refractivity contribution is 5.76. The first kappa shape index (κ1) is 10.2. The zero-order valence-corrected chi connectivity index (χ0v) is 7.05. The SMILES string of the molecule is C=CN(C)C(=O)CCCCN. The number of carbonyl (C=O) groups excluding carboxylic acids is 1. The molecule has 0 saturated carbocycles. The molecule has 1 amide bonds. The number of nitrogens with zero attached hydrogens (tertiary/aromatic N) is 1. The van der Waals surface area contributed by atoms with Crippen LogP contribution in [0.3, 0.4) is 0 Å². The van der Waals surface area contributed by atoms with Crippen molar-refractivity contribution in [2.24, 2.45) is 5.73 Å². The van der Waals surface area contributed by atoms with Crippen molar-refractivity contribution in [3.63, 3.8) is 0 Å². The zero-order chi connectivity index (χ0) is 8.69. The van der Waals surface area contributed by atoms with Crippen LogP contribution in [-0.2, 0) is 4.79 Å². The first-order chi connectivity index (χ1) is 5.22. The van der Waals surface area contributed by atoms with Gasteiger partial charge in [-0.05, 0) is 25.6 Å². The Bertz CT molecular complexity index is 134. The lowest BCUT2D eigenvalue weighted by Gasteiger charge is -2.09. The summed E-state index contributed by atoms with van der Waals surface area (Å²) in [5.74, 6) is 0.105. The molecule has 0 fully saturated rings. The summed E-state index contributed by atoms with van der Waals surface area (Å²) < 4.78 is 0. The van der Waals surface area contributed by atoms with Crippen molar-refractivity contribution in [2.45, 2.75) is 19.3 Å². The van der Waals surface area contributed by atoms with Crippen LogP contribution in [0.5, 0.6) is 0 Å². The minimum atomic E-state index is 0.105. The van der Waals surface area contributed by atoms with Gasteiger partial charge >= 0.3 is 0 Å². The van der Waals surface area contributed by atoms with Gasteiger partial charge in [0.25, 0.3) is 0 Å². The molecule has 3 nitrogen and oxygen atoms in total. The van der Waals surface area contributed by atoms with Gasteiger partial charge in [-0.3, -0.25) is 4.79 Å². The molecule has 0 saturated heterocycles. The van der Waals surface area contributed by atoms with Crippen LogP contribution in [0.15, 0.2) is 12.8 Å². The van der Waals surface area contributed by atoms with Gasteiger partial charge in [-0.2, -0.15) is 0 Å². The average Bonchev–Trinajstić information content (AvgIpc) is 2.03. The highest BCUT2D eigenvalue weighted by Crippen LogP contribution is 1.97. The minimum Gasteiger partial charge on any atom is -0.330 e. The molecule has 11 heavy (non-hydrogen) atoms. The summed E-state index contributed by atoms with van der Waals surface area (Å²) in [6.45, 7) is 4.15. The van der Waals surface area contributed by atoms with E-state index in [-0.39, 0.29) is 5.91 Å². The number of unbranched alkanes of at least 4 members (excludes halogenated alkanes) is 1. The van der Waals surface area contributed by atoms with Crippen LogP contribution in [0, 0.1) is 0 Å². The molecule has 0 aliphatic carbocycles. The van der Waals surface area contributed by atoms with Crippen molar-refractivity contribution < 1.29 is 4.79 Å². The molecule has 0 rings (SSSR count). The normalized spacial score (nSPS) is 9.27. The number of carbonyl (C=O) groups is 1. The van der Waals surface area contributed by atoms with Gasteiger partial charge in [-0.15, -0.1) is 0 Å². The summed E-state index contributed by atoms with van der Waals surface area (Å²) >= 11 is 0. The van der Waals surface area contributed by atoms with E-state index >= 15 is 0 Å². The Kier molecular flexibility index (Phi) is 5.47. The molecule has 0 aromatic rings. The van der Waals surface area contributed by atoms with E-state index in [0.29, 0.717) is 13.0 Å². The molecule has 0 radical (unpaired) electrons. The van der Waals surface area contributed by atoms with Gasteiger partial charge in [0.2, 0.25) is 5.91 Å². The third-order valence-electron chi connectivity index (χ3n) is 1.51. The van der Waals surface area contributed by atoms with Gasteiger partial charge in [0.1, 0.15) is 0 Å². The summed E-state index contributed by atoms with van der Waals surface area (Å²) in [5, 5.41) is 0. The molecule has 3 heteroatoms. The van der Waals surface area contributed by atoms with Crippen LogP contribution in [0.2, 0.25) is 0 Å². The van der Waals surface area contributed by atoms with Gasteiger partial charge in [0, 0.05) is 13.5 Å². The van der Waals surface area contributed by atoms with Crippen molar-refractivity contribution in [3.05, 3.63) is 12.8 Å². The summed E-state index contributed by atoms with van der Waals surface area (Å²) in [4.78, 5) is 12.6. The lowest BCUT2D eigenvalue weighted by Crippen LogP contribution is -2.20. The third-order valence-corrected chi connectivity index (χ3v) is 1.51. The van der Waals surface area contributed by atoms with E-state index in [1.54, 1.807) is 7.05 Å². The molecule has 0 unspecified atom stereocenters. The first-order valence-electron chi connectivity index (χ1n) is 3.80. The average molecular weight is 156 g/mol. The third kappa shape index (κ3) is 4.56. The highest BCUT2D eigenvalue weighted by Gasteiger charge is 2.02. The Morgan fingerprint density at radius 3 is 2.73 bits per heavy atom. The fourth-order valence-corrected chi connectivity index (χ4v) is 0.699. The number of rotatable bonds is 5. The van der Waals surface area contributed by atoms with E-state index in [4.69, 9.17) is 5.73 Å². The smallest absolute Gasteiger partial charge is 0.226 e. The molecule has 2 N–H and O–H groups in total. The van der Waals surface area contributed by atoms with Crippen LogP contribution in [-0.4, -0.2) is 24.4 Å². The van der Waals surface area contributed by atoms with Crippen LogP contribution in [0.4, 0.5) is 0 Å². The molecule has 0 aromatic heterocycles. The maximum absolute atomic E-state index is 11.1. The van der Waals surface area contributed by atoms with Crippen LogP contribution in [0.1, 0.15) is 19.3 Å². The van der Waals surface area contributed by atoms with E-state index in [1.165, 1.54) is 11.1 Å². The second kappa shape index (κ2) is 5.92. The predicted molar refractivity (Wildman–Crippen MR) is 45.9 cm³/mol. The quantitative estimate of drug-likeness (QED) is 0.596. The largest absolute Gasteiger partial charge is 0.330 e. The number of hydrogen-bond donors (Lipinski definition) is 1. The number of hydrogen-bond acceptors (Lipinski definition) is 2. The lowest BCUT2D eigenvalue weighted by atomic mass is 10.2. The topological polar surface area (TPSA) is 46.3 Å². The van der Waals surface area contributed by atoms with Gasteiger partial charge in [-0.25, -0.2) is 0 Å². The van der Waals surface area contributed by atoms with Crippen molar-refractivity contribution in [3.8, 4) is 0 Å². The van der Waals surface area contributed by atoms with Gasteiger partial charge in [0.05, 0.1) is 0 Å². The Morgan fingerprint density at radius 1 is 1.64 bits per heavy atom. The summed E-state index contributed by atoms with van der Waals surface area (Å²) in [5.41, 5.74) is 5.28. The molecule has 64 valence electrons. The van der Waals surface area contributed by atoms with Crippen molar-refractivity contribution in [1.29, 1.82) is 0 Å². The molecule has 0 spiro atoms. The fraction of sp³-hybridized carbons (Fsp3) is 0.625. The molecule has 0 bridgehead atoms. The Morgan fingerprint density at radius 2 is 2.27 bits per heavy atom. The lowest BCUT2D eigenvalue weighted by molar-refractivity contribution is -0.127. The zero-order valence-electron chi connectivity index (χ0n) is 7.05. The van der Waals surface area contributed by atoms with E-state index in [2.05, 4.69) is 6.58 Å². The van der Waals surface area contributed by atoms with Crippen molar-refractivity contribution in [1.82, 2.24) is 4.90 Å². The van der Waals surface area contributed by atoms with Crippen molar-refractivity contribution in [2.75, 3.05) is 13.6 Å². The second-order valence-corrected chi connectivity index (χ2v) is 2.43. The van der Waals surface area contributed by atoms with Gasteiger partial charge in [0.15, 0.2) is 0 Å². The first-order valence-corrected chi connectivity index (χ1v) is 3.80. The summed E-state index contributed by atoms with van der Waals surface area (Å²) in [6.07, 6.45) is 3.87. The van der Waals surface area contributed by atoms with Gasteiger partial charge < -0.3 is 10.6 Å². The molecule has 0 aliphatic heterocycles. The molecule has 0 aliphatic rings. The fourth-order valence-electron chi connectivity index (χ4n) is 0.699. The highest BCUT2D eigenvalue weighted by atomic mass is 16.2. The van der Waals surface area contributed by atoms with Crippen LogP contribution in [0.25, 0.3) is 0 Å². The van der Waals surface area contributed by atoms with E-state index in [9.17, 15) is 4.79 Å². The monoisotopic (exact) mass is 156 g/mol. The standard InChI is InChI=1S/C8H16N2O/c1-3-10(2)8(11)6-4-5-7-9/h3H,1,4-7,9H2,2H3. The maximum atomic E-state index is 11.1. The Labute approximate surface area is 67.9 Å². The maximum Gasteiger partial charge on any atom is 0.226 e. The van der Waals surface area contributed by atoms with E-state index in [0.717, 1.165) is 12.8 Å². The Hall–Kier alpha value is -0.830. The molecule has 0 atom stereocenters. The van der Waals surface area contributed by atoms with Crippen LogP contribution >= 0.6 is 0 Å². The molecule has 0 heterocycles. The summed E-state index contributed by atoms with van der Waals surface area (Å²) in [6, 6.07) is 0. The molecular formula is C8H16N2O. The number of nitrogens with two attached hydrogens (primary N) is 1.